The maximum atomic E-state index is 10.9. The molecule has 0 aliphatic carbocycles. The van der Waals surface area contributed by atoms with E-state index in [9.17, 15) is 9.59 Å². The van der Waals surface area contributed by atoms with Crippen molar-refractivity contribution >= 4 is 28.2 Å². The predicted octanol–water partition coefficient (Wildman–Crippen LogP) is 1.64. The standard InChI is InChI=1S/C7H5BrO4/c1-11-7(10)6-4(3-9)2-5(8)12-6/h2-3H,1H3. The highest BCUT2D eigenvalue weighted by molar-refractivity contribution is 9.10. The van der Waals surface area contributed by atoms with E-state index in [2.05, 4.69) is 20.7 Å². The van der Waals surface area contributed by atoms with Crippen molar-refractivity contribution < 1.29 is 18.7 Å². The number of ether oxygens (including phenoxy) is 1. The topological polar surface area (TPSA) is 56.5 Å². The Hall–Kier alpha value is -1.10. The van der Waals surface area contributed by atoms with Crippen LogP contribution in [-0.4, -0.2) is 19.4 Å². The van der Waals surface area contributed by atoms with Crippen LogP contribution in [0.3, 0.4) is 0 Å². The van der Waals surface area contributed by atoms with Gasteiger partial charge in [0, 0.05) is 6.07 Å². The van der Waals surface area contributed by atoms with Crippen molar-refractivity contribution in [2.24, 2.45) is 0 Å². The molecule has 64 valence electrons. The van der Waals surface area contributed by atoms with Crippen LogP contribution in [-0.2, 0) is 4.74 Å². The van der Waals surface area contributed by atoms with Crippen molar-refractivity contribution in [2.75, 3.05) is 7.11 Å². The maximum absolute atomic E-state index is 10.9. The van der Waals surface area contributed by atoms with Crippen molar-refractivity contribution in [3.8, 4) is 0 Å². The molecule has 1 aromatic rings. The van der Waals surface area contributed by atoms with Crippen molar-refractivity contribution in [1.82, 2.24) is 0 Å². The molecule has 0 bridgehead atoms. The molecule has 4 nitrogen and oxygen atoms in total. The molecule has 0 aliphatic rings. The summed E-state index contributed by atoms with van der Waals surface area (Å²) >= 11 is 2.99. The van der Waals surface area contributed by atoms with Gasteiger partial charge in [-0.3, -0.25) is 4.79 Å². The molecule has 1 heterocycles. The Kier molecular flexibility index (Phi) is 2.65. The van der Waals surface area contributed by atoms with Gasteiger partial charge in [-0.2, -0.15) is 0 Å². The molecule has 0 saturated carbocycles. The first kappa shape index (κ1) is 8.99. The Morgan fingerprint density at radius 3 is 2.92 bits per heavy atom. The van der Waals surface area contributed by atoms with Crippen LogP contribution in [0.1, 0.15) is 20.9 Å². The lowest BCUT2D eigenvalue weighted by Gasteiger charge is -1.93. The summed E-state index contributed by atoms with van der Waals surface area (Å²) in [5.74, 6) is -0.748. The van der Waals surface area contributed by atoms with Crippen LogP contribution in [0, 0.1) is 0 Å². The van der Waals surface area contributed by atoms with Crippen LogP contribution < -0.4 is 0 Å². The molecular weight excluding hydrogens is 228 g/mol. The number of hydrogen-bond acceptors (Lipinski definition) is 4. The molecule has 0 N–H and O–H groups in total. The zero-order chi connectivity index (χ0) is 9.14. The lowest BCUT2D eigenvalue weighted by Crippen LogP contribution is -2.01. The average molecular weight is 233 g/mol. The molecule has 12 heavy (non-hydrogen) atoms. The number of furan rings is 1. The van der Waals surface area contributed by atoms with E-state index in [1.54, 1.807) is 0 Å². The third kappa shape index (κ3) is 1.55. The van der Waals surface area contributed by atoms with E-state index in [1.165, 1.54) is 13.2 Å². The minimum Gasteiger partial charge on any atom is -0.463 e. The number of esters is 1. The molecule has 0 amide bonds. The van der Waals surface area contributed by atoms with E-state index in [4.69, 9.17) is 4.42 Å². The van der Waals surface area contributed by atoms with Crippen molar-refractivity contribution in [3.05, 3.63) is 22.1 Å². The third-order valence-corrected chi connectivity index (χ3v) is 1.62. The summed E-state index contributed by atoms with van der Waals surface area (Å²) < 4.78 is 9.57. The number of methoxy groups -OCH3 is 1. The SMILES string of the molecule is COC(=O)c1oc(Br)cc1C=O. The summed E-state index contributed by atoms with van der Waals surface area (Å²) in [6, 6.07) is 1.40. The summed E-state index contributed by atoms with van der Waals surface area (Å²) in [4.78, 5) is 21.3. The zero-order valence-corrected chi connectivity index (χ0v) is 7.75. The summed E-state index contributed by atoms with van der Waals surface area (Å²) in [6.07, 6.45) is 0.528. The van der Waals surface area contributed by atoms with Crippen molar-refractivity contribution in [1.29, 1.82) is 0 Å². The highest BCUT2D eigenvalue weighted by Gasteiger charge is 2.17. The highest BCUT2D eigenvalue weighted by atomic mass is 79.9. The highest BCUT2D eigenvalue weighted by Crippen LogP contribution is 2.19. The van der Waals surface area contributed by atoms with Crippen LogP contribution >= 0.6 is 15.9 Å². The van der Waals surface area contributed by atoms with E-state index in [0.29, 0.717) is 11.0 Å². The molecular formula is C7H5BrO4. The quantitative estimate of drug-likeness (QED) is 0.575. The first-order chi connectivity index (χ1) is 5.69. The minimum atomic E-state index is -0.664. The molecule has 1 aromatic heterocycles. The van der Waals surface area contributed by atoms with Crippen LogP contribution in [0.2, 0.25) is 0 Å². The van der Waals surface area contributed by atoms with E-state index in [0.717, 1.165) is 0 Å². The predicted molar refractivity (Wildman–Crippen MR) is 43.1 cm³/mol. The first-order valence-corrected chi connectivity index (χ1v) is 3.81. The maximum Gasteiger partial charge on any atom is 0.374 e. The van der Waals surface area contributed by atoms with E-state index < -0.39 is 5.97 Å². The molecule has 0 unspecified atom stereocenters. The second kappa shape index (κ2) is 3.53. The van der Waals surface area contributed by atoms with Gasteiger partial charge in [0.25, 0.3) is 0 Å². The van der Waals surface area contributed by atoms with E-state index in [1.807, 2.05) is 0 Å². The number of hydrogen-bond donors (Lipinski definition) is 0. The second-order valence-corrected chi connectivity index (χ2v) is 2.73. The Morgan fingerprint density at radius 2 is 2.42 bits per heavy atom. The molecule has 0 saturated heterocycles. The van der Waals surface area contributed by atoms with E-state index >= 15 is 0 Å². The van der Waals surface area contributed by atoms with Crippen LogP contribution in [0.25, 0.3) is 0 Å². The molecule has 0 aliphatic heterocycles. The number of halogens is 1. The molecule has 0 fully saturated rings. The van der Waals surface area contributed by atoms with Gasteiger partial charge >= 0.3 is 5.97 Å². The van der Waals surface area contributed by atoms with Gasteiger partial charge in [0.1, 0.15) is 0 Å². The summed E-state index contributed by atoms with van der Waals surface area (Å²) in [7, 11) is 1.22. The number of carbonyl (C=O) groups is 2. The normalized spacial score (nSPS) is 9.50. The zero-order valence-electron chi connectivity index (χ0n) is 6.17. The molecule has 0 radical (unpaired) electrons. The number of aldehydes is 1. The van der Waals surface area contributed by atoms with Gasteiger partial charge in [-0.1, -0.05) is 0 Å². The fraction of sp³-hybridized carbons (Fsp3) is 0.143. The van der Waals surface area contributed by atoms with Gasteiger partial charge in [0.2, 0.25) is 5.76 Å². The van der Waals surface area contributed by atoms with Crippen LogP contribution in [0.5, 0.6) is 0 Å². The lowest BCUT2D eigenvalue weighted by molar-refractivity contribution is 0.0561. The fourth-order valence-electron chi connectivity index (χ4n) is 0.713. The molecule has 1 rings (SSSR count). The number of carbonyl (C=O) groups excluding carboxylic acids is 2. The summed E-state index contributed by atoms with van der Waals surface area (Å²) in [5, 5.41) is 0. The molecule has 0 spiro atoms. The lowest BCUT2D eigenvalue weighted by atomic mass is 10.3. The smallest absolute Gasteiger partial charge is 0.374 e. The summed E-state index contributed by atoms with van der Waals surface area (Å²) in [5.41, 5.74) is 0.175. The van der Waals surface area contributed by atoms with Gasteiger partial charge < -0.3 is 9.15 Å². The second-order valence-electron chi connectivity index (χ2n) is 1.94. The van der Waals surface area contributed by atoms with Crippen LogP contribution in [0.4, 0.5) is 0 Å². The molecule has 0 aromatic carbocycles. The van der Waals surface area contributed by atoms with Crippen molar-refractivity contribution in [2.45, 2.75) is 0 Å². The van der Waals surface area contributed by atoms with Crippen LogP contribution in [0.15, 0.2) is 15.2 Å². The van der Waals surface area contributed by atoms with E-state index in [-0.39, 0.29) is 11.3 Å². The van der Waals surface area contributed by atoms with Gasteiger partial charge in [0.15, 0.2) is 11.0 Å². The monoisotopic (exact) mass is 232 g/mol. The Bertz CT molecular complexity index is 315. The largest absolute Gasteiger partial charge is 0.463 e. The van der Waals surface area contributed by atoms with Gasteiger partial charge in [-0.15, -0.1) is 0 Å². The third-order valence-electron chi connectivity index (χ3n) is 1.23. The van der Waals surface area contributed by atoms with Gasteiger partial charge in [-0.05, 0) is 15.9 Å². The first-order valence-electron chi connectivity index (χ1n) is 3.02. The Labute approximate surface area is 76.6 Å². The van der Waals surface area contributed by atoms with Gasteiger partial charge in [-0.25, -0.2) is 4.79 Å². The Morgan fingerprint density at radius 1 is 1.75 bits per heavy atom. The molecule has 5 heteroatoms. The minimum absolute atomic E-state index is 0.0839. The molecule has 0 atom stereocenters. The summed E-state index contributed by atoms with van der Waals surface area (Å²) in [6.45, 7) is 0. The average Bonchev–Trinajstić information content (AvgIpc) is 2.45. The Balaban J connectivity index is 3.12. The van der Waals surface area contributed by atoms with Crippen molar-refractivity contribution in [3.63, 3.8) is 0 Å². The number of rotatable bonds is 2. The van der Waals surface area contributed by atoms with Gasteiger partial charge in [0.05, 0.1) is 12.7 Å². The fourth-order valence-corrected chi connectivity index (χ4v) is 1.12.